The van der Waals surface area contributed by atoms with Crippen LogP contribution in [0.5, 0.6) is 0 Å². The van der Waals surface area contributed by atoms with E-state index in [9.17, 15) is 9.59 Å². The molecular formula is C14H18O4. The normalized spacial score (nSPS) is 14.1. The Morgan fingerprint density at radius 2 is 1.00 bits per heavy atom. The van der Waals surface area contributed by atoms with Crippen LogP contribution < -0.4 is 0 Å². The first-order chi connectivity index (χ1) is 8.36. The smallest absolute Gasteiger partial charge is 0.339 e. The molecule has 0 atom stereocenters. The van der Waals surface area contributed by atoms with Crippen molar-refractivity contribution in [1.82, 2.24) is 0 Å². The SMILES string of the molecule is COC(=O)C1=C(C(=O)OC)C(=C(C)C)C1=C(C)C. The van der Waals surface area contributed by atoms with Gasteiger partial charge in [0, 0.05) is 0 Å². The van der Waals surface area contributed by atoms with Crippen molar-refractivity contribution < 1.29 is 19.1 Å². The van der Waals surface area contributed by atoms with Crippen molar-refractivity contribution in [1.29, 1.82) is 0 Å². The molecule has 0 fully saturated rings. The highest BCUT2D eigenvalue weighted by atomic mass is 16.5. The Kier molecular flexibility index (Phi) is 4.11. The van der Waals surface area contributed by atoms with Crippen molar-refractivity contribution in [2.75, 3.05) is 14.2 Å². The Balaban J connectivity index is 3.57. The van der Waals surface area contributed by atoms with Crippen LogP contribution in [0.4, 0.5) is 0 Å². The van der Waals surface area contributed by atoms with E-state index in [1.54, 1.807) is 0 Å². The van der Waals surface area contributed by atoms with Crippen LogP contribution in [0.1, 0.15) is 27.7 Å². The van der Waals surface area contributed by atoms with Gasteiger partial charge in [-0.1, -0.05) is 11.1 Å². The predicted octanol–water partition coefficient (Wildman–Crippen LogP) is 2.32. The fourth-order valence-corrected chi connectivity index (χ4v) is 2.05. The standard InChI is InChI=1S/C14H18O4/c1-7(2)9-10(8(3)4)12(14(16)18-6)11(9)13(15)17-5/h1-6H3. The van der Waals surface area contributed by atoms with Gasteiger partial charge < -0.3 is 9.47 Å². The molecular weight excluding hydrogens is 232 g/mol. The third-order valence-electron chi connectivity index (χ3n) is 2.78. The Morgan fingerprint density at radius 1 is 0.722 bits per heavy atom. The molecule has 0 radical (unpaired) electrons. The van der Waals surface area contributed by atoms with Crippen LogP contribution >= 0.6 is 0 Å². The van der Waals surface area contributed by atoms with E-state index in [4.69, 9.17) is 9.47 Å². The van der Waals surface area contributed by atoms with Crippen LogP contribution in [-0.2, 0) is 19.1 Å². The van der Waals surface area contributed by atoms with Gasteiger partial charge in [-0.3, -0.25) is 0 Å². The molecule has 0 saturated heterocycles. The zero-order valence-electron chi connectivity index (χ0n) is 11.6. The predicted molar refractivity (Wildman–Crippen MR) is 67.8 cm³/mol. The lowest BCUT2D eigenvalue weighted by atomic mass is 9.73. The average molecular weight is 250 g/mol. The molecule has 0 saturated carbocycles. The van der Waals surface area contributed by atoms with Crippen LogP contribution in [-0.4, -0.2) is 26.2 Å². The monoisotopic (exact) mass is 250 g/mol. The number of ether oxygens (including phenoxy) is 2. The molecule has 0 aromatic rings. The molecule has 0 N–H and O–H groups in total. The van der Waals surface area contributed by atoms with E-state index in [-0.39, 0.29) is 0 Å². The maximum atomic E-state index is 11.8. The summed E-state index contributed by atoms with van der Waals surface area (Å²) in [5.74, 6) is -1.01. The maximum absolute atomic E-state index is 11.8. The lowest BCUT2D eigenvalue weighted by Crippen LogP contribution is -2.28. The first kappa shape index (κ1) is 14.2. The lowest BCUT2D eigenvalue weighted by Gasteiger charge is -2.30. The molecule has 1 aliphatic rings. The molecule has 0 spiro atoms. The largest absolute Gasteiger partial charge is 0.465 e. The van der Waals surface area contributed by atoms with Gasteiger partial charge in [0.15, 0.2) is 0 Å². The van der Waals surface area contributed by atoms with Crippen LogP contribution in [0.15, 0.2) is 33.4 Å². The van der Waals surface area contributed by atoms with Crippen molar-refractivity contribution >= 4 is 11.9 Å². The molecule has 0 bridgehead atoms. The molecule has 0 aliphatic heterocycles. The van der Waals surface area contributed by atoms with Gasteiger partial charge in [-0.05, 0) is 38.8 Å². The average Bonchev–Trinajstić information content (AvgIpc) is 2.25. The molecule has 1 aliphatic carbocycles. The Labute approximate surface area is 107 Å². The second-order valence-corrected chi connectivity index (χ2v) is 4.48. The number of methoxy groups -OCH3 is 2. The van der Waals surface area contributed by atoms with E-state index in [1.165, 1.54) is 14.2 Å². The third-order valence-corrected chi connectivity index (χ3v) is 2.78. The van der Waals surface area contributed by atoms with Crippen molar-refractivity contribution in [3.8, 4) is 0 Å². The number of hydrogen-bond acceptors (Lipinski definition) is 4. The summed E-state index contributed by atoms with van der Waals surface area (Å²) in [6.45, 7) is 7.59. The van der Waals surface area contributed by atoms with Crippen molar-refractivity contribution in [3.63, 3.8) is 0 Å². The fraction of sp³-hybridized carbons (Fsp3) is 0.429. The minimum atomic E-state index is -0.503. The quantitative estimate of drug-likeness (QED) is 0.706. The summed E-state index contributed by atoms with van der Waals surface area (Å²) < 4.78 is 9.45. The Morgan fingerprint density at radius 3 is 1.17 bits per heavy atom. The van der Waals surface area contributed by atoms with E-state index in [0.29, 0.717) is 11.1 Å². The molecule has 4 heteroatoms. The zero-order chi connectivity index (χ0) is 14.0. The topological polar surface area (TPSA) is 52.6 Å². The van der Waals surface area contributed by atoms with Crippen molar-refractivity contribution in [3.05, 3.63) is 33.4 Å². The number of esters is 2. The number of rotatable bonds is 2. The van der Waals surface area contributed by atoms with Gasteiger partial charge >= 0.3 is 11.9 Å². The van der Waals surface area contributed by atoms with Crippen LogP contribution in [0, 0.1) is 0 Å². The van der Waals surface area contributed by atoms with Crippen LogP contribution in [0.2, 0.25) is 0 Å². The number of carbonyl (C=O) groups is 2. The zero-order valence-corrected chi connectivity index (χ0v) is 11.6. The van der Waals surface area contributed by atoms with Gasteiger partial charge in [-0.2, -0.15) is 0 Å². The van der Waals surface area contributed by atoms with Gasteiger partial charge in [-0.25, -0.2) is 9.59 Å². The van der Waals surface area contributed by atoms with Crippen molar-refractivity contribution in [2.45, 2.75) is 27.7 Å². The van der Waals surface area contributed by atoms with Crippen molar-refractivity contribution in [2.24, 2.45) is 0 Å². The minimum absolute atomic E-state index is 0.320. The molecule has 98 valence electrons. The van der Waals surface area contributed by atoms with Gasteiger partial charge in [0.2, 0.25) is 0 Å². The highest BCUT2D eigenvalue weighted by molar-refractivity contribution is 6.14. The first-order valence-electron chi connectivity index (χ1n) is 5.63. The van der Waals surface area contributed by atoms with E-state index >= 15 is 0 Å². The second-order valence-electron chi connectivity index (χ2n) is 4.48. The van der Waals surface area contributed by atoms with E-state index in [1.807, 2.05) is 27.7 Å². The molecule has 0 aromatic carbocycles. The summed E-state index contributed by atoms with van der Waals surface area (Å²) in [5.41, 5.74) is 4.17. The van der Waals surface area contributed by atoms with Gasteiger partial charge in [0.05, 0.1) is 25.4 Å². The molecule has 1 rings (SSSR count). The molecule has 0 heterocycles. The van der Waals surface area contributed by atoms with Gasteiger partial charge in [0.25, 0.3) is 0 Å². The Bertz CT molecular complexity index is 450. The summed E-state index contributed by atoms with van der Waals surface area (Å²) >= 11 is 0. The second kappa shape index (κ2) is 5.21. The van der Waals surface area contributed by atoms with E-state index < -0.39 is 11.9 Å². The van der Waals surface area contributed by atoms with Gasteiger partial charge in [-0.15, -0.1) is 0 Å². The summed E-state index contributed by atoms with van der Waals surface area (Å²) in [5, 5.41) is 0. The number of hydrogen-bond donors (Lipinski definition) is 0. The number of carbonyl (C=O) groups excluding carboxylic acids is 2. The van der Waals surface area contributed by atoms with E-state index in [0.717, 1.165) is 22.3 Å². The highest BCUT2D eigenvalue weighted by Crippen LogP contribution is 2.44. The fourth-order valence-electron chi connectivity index (χ4n) is 2.05. The van der Waals surface area contributed by atoms with Crippen LogP contribution in [0.3, 0.4) is 0 Å². The molecule has 0 unspecified atom stereocenters. The van der Waals surface area contributed by atoms with E-state index in [2.05, 4.69) is 0 Å². The summed E-state index contributed by atoms with van der Waals surface area (Å²) in [7, 11) is 2.60. The summed E-state index contributed by atoms with van der Waals surface area (Å²) in [6, 6.07) is 0. The Hall–Kier alpha value is -1.84. The molecule has 0 amide bonds. The first-order valence-corrected chi connectivity index (χ1v) is 5.63. The molecule has 0 aromatic heterocycles. The van der Waals surface area contributed by atoms with Gasteiger partial charge in [0.1, 0.15) is 0 Å². The third kappa shape index (κ3) is 2.10. The minimum Gasteiger partial charge on any atom is -0.465 e. The molecule has 4 nitrogen and oxygen atoms in total. The highest BCUT2D eigenvalue weighted by Gasteiger charge is 2.40. The maximum Gasteiger partial charge on any atom is 0.339 e. The van der Waals surface area contributed by atoms with Crippen LogP contribution in [0.25, 0.3) is 0 Å². The summed E-state index contributed by atoms with van der Waals surface area (Å²) in [6.07, 6.45) is 0. The molecule has 18 heavy (non-hydrogen) atoms. The lowest BCUT2D eigenvalue weighted by molar-refractivity contribution is -0.139. The summed E-state index contributed by atoms with van der Waals surface area (Å²) in [4.78, 5) is 23.5. The number of allylic oxidation sites excluding steroid dienone is 2.